The number of nitrogens with zero attached hydrogens (tertiary/aromatic N) is 2. The van der Waals surface area contributed by atoms with Crippen LogP contribution < -0.4 is 5.32 Å². The molecule has 1 aliphatic rings. The van der Waals surface area contributed by atoms with Gasteiger partial charge in [-0.2, -0.15) is 18.3 Å². The molecule has 3 aromatic rings. The Hall–Kier alpha value is -2.74. The summed E-state index contributed by atoms with van der Waals surface area (Å²) in [6, 6.07) is 13.1. The highest BCUT2D eigenvalue weighted by Gasteiger charge is 2.38. The minimum Gasteiger partial charge on any atom is -0.310 e. The molecular formula is C21H18F3N3OS. The Morgan fingerprint density at radius 1 is 1.14 bits per heavy atom. The van der Waals surface area contributed by atoms with Crippen molar-refractivity contribution in [3.63, 3.8) is 0 Å². The van der Waals surface area contributed by atoms with Crippen molar-refractivity contribution in [3.8, 4) is 5.69 Å². The molecule has 1 atom stereocenters. The summed E-state index contributed by atoms with van der Waals surface area (Å²) in [5.41, 5.74) is 2.37. The van der Waals surface area contributed by atoms with Gasteiger partial charge in [0.1, 0.15) is 5.82 Å². The Morgan fingerprint density at radius 3 is 2.62 bits per heavy atom. The van der Waals surface area contributed by atoms with Crippen LogP contribution in [0.1, 0.15) is 33.2 Å². The third-order valence-corrected chi connectivity index (χ3v) is 6.05. The Labute approximate surface area is 170 Å². The number of aryl methyl sites for hydroxylation is 2. The number of fused-ring (bicyclic) bond motifs is 1. The molecule has 0 saturated carbocycles. The van der Waals surface area contributed by atoms with Gasteiger partial charge in [-0.1, -0.05) is 30.3 Å². The second-order valence-corrected chi connectivity index (χ2v) is 8.02. The molecule has 0 aliphatic carbocycles. The third-order valence-electron chi connectivity index (χ3n) is 4.80. The topological polar surface area (TPSA) is 46.9 Å². The zero-order chi connectivity index (χ0) is 20.8. The monoisotopic (exact) mass is 417 g/mol. The van der Waals surface area contributed by atoms with Gasteiger partial charge in [-0.15, -0.1) is 11.8 Å². The van der Waals surface area contributed by atoms with Gasteiger partial charge >= 0.3 is 6.18 Å². The first-order valence-electron chi connectivity index (χ1n) is 9.00. The number of anilines is 1. The van der Waals surface area contributed by atoms with Crippen molar-refractivity contribution in [1.82, 2.24) is 9.78 Å². The molecule has 4 nitrogen and oxygen atoms in total. The van der Waals surface area contributed by atoms with Crippen molar-refractivity contribution in [3.05, 3.63) is 76.5 Å². The maximum absolute atomic E-state index is 13.7. The van der Waals surface area contributed by atoms with E-state index in [1.165, 1.54) is 23.9 Å². The lowest BCUT2D eigenvalue weighted by Gasteiger charge is -2.20. The van der Waals surface area contributed by atoms with E-state index < -0.39 is 17.0 Å². The SMILES string of the molecule is Cc1cccc(-n2nc(C)c3c2NC(=O)CS[C@H]3c2ccccc2C(F)(F)F)c1. The Bertz CT molecular complexity index is 1090. The van der Waals surface area contributed by atoms with Crippen molar-refractivity contribution in [2.45, 2.75) is 25.3 Å². The lowest BCUT2D eigenvalue weighted by molar-refractivity contribution is -0.138. The fraction of sp³-hybridized carbons (Fsp3) is 0.238. The highest BCUT2D eigenvalue weighted by Crippen LogP contribution is 2.47. The molecule has 4 rings (SSSR count). The molecule has 29 heavy (non-hydrogen) atoms. The number of aromatic nitrogens is 2. The van der Waals surface area contributed by atoms with Crippen molar-refractivity contribution in [2.75, 3.05) is 11.1 Å². The minimum absolute atomic E-state index is 0.0544. The number of hydrogen-bond donors (Lipinski definition) is 1. The van der Waals surface area contributed by atoms with E-state index in [1.54, 1.807) is 17.7 Å². The molecule has 0 spiro atoms. The van der Waals surface area contributed by atoms with E-state index in [-0.39, 0.29) is 17.2 Å². The van der Waals surface area contributed by atoms with Crippen molar-refractivity contribution >= 4 is 23.5 Å². The molecule has 1 aliphatic heterocycles. The predicted octanol–water partition coefficient (Wildman–Crippen LogP) is 5.28. The number of amides is 1. The van der Waals surface area contributed by atoms with Crippen LogP contribution in [0.4, 0.5) is 19.0 Å². The van der Waals surface area contributed by atoms with E-state index in [2.05, 4.69) is 10.4 Å². The molecule has 1 aromatic heterocycles. The summed E-state index contributed by atoms with van der Waals surface area (Å²) < 4.78 is 42.6. The molecule has 0 saturated heterocycles. The van der Waals surface area contributed by atoms with Gasteiger partial charge in [0, 0.05) is 5.56 Å². The van der Waals surface area contributed by atoms with Crippen LogP contribution in [0.15, 0.2) is 48.5 Å². The van der Waals surface area contributed by atoms with Crippen molar-refractivity contribution < 1.29 is 18.0 Å². The largest absolute Gasteiger partial charge is 0.416 e. The first-order valence-corrected chi connectivity index (χ1v) is 10.0. The van der Waals surface area contributed by atoms with E-state index in [9.17, 15) is 18.0 Å². The Balaban J connectivity index is 1.93. The second-order valence-electron chi connectivity index (χ2n) is 6.92. The maximum Gasteiger partial charge on any atom is 0.416 e. The van der Waals surface area contributed by atoms with Crippen molar-refractivity contribution in [1.29, 1.82) is 0 Å². The molecule has 8 heteroatoms. The molecule has 2 heterocycles. The predicted molar refractivity (Wildman–Crippen MR) is 107 cm³/mol. The molecular weight excluding hydrogens is 399 g/mol. The normalized spacial score (nSPS) is 16.9. The summed E-state index contributed by atoms with van der Waals surface area (Å²) in [7, 11) is 0. The average molecular weight is 417 g/mol. The van der Waals surface area contributed by atoms with Crippen LogP contribution >= 0.6 is 11.8 Å². The first-order chi connectivity index (χ1) is 13.8. The fourth-order valence-electron chi connectivity index (χ4n) is 3.56. The number of carbonyl (C=O) groups excluding carboxylic acids is 1. The smallest absolute Gasteiger partial charge is 0.310 e. The summed E-state index contributed by atoms with van der Waals surface area (Å²) >= 11 is 1.18. The van der Waals surface area contributed by atoms with Gasteiger partial charge in [0.2, 0.25) is 5.91 Å². The quantitative estimate of drug-likeness (QED) is 0.617. The molecule has 0 radical (unpaired) electrons. The summed E-state index contributed by atoms with van der Waals surface area (Å²) in [6.45, 7) is 3.70. The van der Waals surface area contributed by atoms with Crippen molar-refractivity contribution in [2.24, 2.45) is 0 Å². The lowest BCUT2D eigenvalue weighted by atomic mass is 9.98. The molecule has 2 aromatic carbocycles. The van der Waals surface area contributed by atoms with E-state index in [4.69, 9.17) is 0 Å². The van der Waals surface area contributed by atoms with Crippen LogP contribution in [0.3, 0.4) is 0 Å². The number of benzene rings is 2. The first kappa shape index (κ1) is 19.6. The van der Waals surface area contributed by atoms with Crippen LogP contribution in [0.5, 0.6) is 0 Å². The zero-order valence-electron chi connectivity index (χ0n) is 15.7. The molecule has 1 N–H and O–H groups in total. The summed E-state index contributed by atoms with van der Waals surface area (Å²) in [4.78, 5) is 12.4. The van der Waals surface area contributed by atoms with Crippen LogP contribution in [0, 0.1) is 13.8 Å². The van der Waals surface area contributed by atoms with Gasteiger partial charge in [-0.05, 0) is 43.2 Å². The minimum atomic E-state index is -4.48. The Morgan fingerprint density at radius 2 is 1.90 bits per heavy atom. The highest BCUT2D eigenvalue weighted by atomic mass is 32.2. The average Bonchev–Trinajstić information content (AvgIpc) is 2.87. The van der Waals surface area contributed by atoms with Crippen LogP contribution in [0.2, 0.25) is 0 Å². The number of halogens is 3. The van der Waals surface area contributed by atoms with Gasteiger partial charge in [-0.3, -0.25) is 4.79 Å². The van der Waals surface area contributed by atoms with Gasteiger partial charge < -0.3 is 5.32 Å². The number of rotatable bonds is 2. The molecule has 1 amide bonds. The molecule has 0 unspecified atom stereocenters. The Kier molecular flexibility index (Phi) is 4.90. The zero-order valence-corrected chi connectivity index (χ0v) is 16.6. The van der Waals surface area contributed by atoms with E-state index >= 15 is 0 Å². The number of carbonyl (C=O) groups is 1. The van der Waals surface area contributed by atoms with E-state index in [0.29, 0.717) is 17.1 Å². The van der Waals surface area contributed by atoms with E-state index in [0.717, 1.165) is 17.3 Å². The third kappa shape index (κ3) is 3.64. The maximum atomic E-state index is 13.7. The number of nitrogens with one attached hydrogen (secondary N) is 1. The van der Waals surface area contributed by atoms with E-state index in [1.807, 2.05) is 31.2 Å². The molecule has 150 valence electrons. The standard InChI is InChI=1S/C21H18F3N3OS/c1-12-6-5-7-14(10-12)27-20-18(13(2)26-27)19(29-11-17(28)25-20)15-8-3-4-9-16(15)21(22,23)24/h3-10,19H,11H2,1-2H3,(H,25,28)/t19-/m0/s1. The lowest BCUT2D eigenvalue weighted by Crippen LogP contribution is -2.15. The van der Waals surface area contributed by atoms with Gasteiger partial charge in [0.15, 0.2) is 0 Å². The molecule has 0 fully saturated rings. The molecule has 0 bridgehead atoms. The summed E-state index contributed by atoms with van der Waals surface area (Å²) in [5, 5.41) is 6.74. The summed E-state index contributed by atoms with van der Waals surface area (Å²) in [6.07, 6.45) is -4.48. The van der Waals surface area contributed by atoms with Crippen LogP contribution in [0.25, 0.3) is 5.69 Å². The number of hydrogen-bond acceptors (Lipinski definition) is 3. The fourth-order valence-corrected chi connectivity index (χ4v) is 4.78. The van der Waals surface area contributed by atoms with Crippen LogP contribution in [-0.4, -0.2) is 21.4 Å². The second kappa shape index (κ2) is 7.26. The highest BCUT2D eigenvalue weighted by molar-refractivity contribution is 8.00. The van der Waals surface area contributed by atoms with Gasteiger partial charge in [-0.25, -0.2) is 4.68 Å². The summed E-state index contributed by atoms with van der Waals surface area (Å²) in [5.74, 6) is 0.209. The van der Waals surface area contributed by atoms with Gasteiger partial charge in [0.05, 0.1) is 27.9 Å². The number of thioether (sulfide) groups is 1. The van der Waals surface area contributed by atoms with Crippen LogP contribution in [-0.2, 0) is 11.0 Å². The number of alkyl halides is 3. The van der Waals surface area contributed by atoms with Gasteiger partial charge in [0.25, 0.3) is 0 Å².